The van der Waals surface area contributed by atoms with Crippen LogP contribution in [0.3, 0.4) is 0 Å². The van der Waals surface area contributed by atoms with Crippen LogP contribution in [0.1, 0.15) is 35.3 Å². The standard InChI is InChI=1S/C25H24FN5O3S/c1-5-19(33)30-7-6-14(11-30)31-23-16(13(3)32)10-28-25(27)20(23)22(29-31)18-9-15-21(26)12(2)8-17(34-4)24(15)35-18/h5,8-10,14H,1,6-7,11H2,2-4H3,(H2,27,28)/t14-/m0/s1. The second-order valence-electron chi connectivity index (χ2n) is 8.62. The molecule has 0 saturated carbocycles. The van der Waals surface area contributed by atoms with E-state index in [-0.39, 0.29) is 29.4 Å². The average Bonchev–Trinajstić information content (AvgIpc) is 3.57. The highest BCUT2D eigenvalue weighted by molar-refractivity contribution is 7.22. The number of pyridine rings is 1. The van der Waals surface area contributed by atoms with Crippen LogP contribution in [0.15, 0.2) is 31.0 Å². The van der Waals surface area contributed by atoms with Crippen molar-refractivity contribution in [2.45, 2.75) is 26.3 Å². The summed E-state index contributed by atoms with van der Waals surface area (Å²) < 4.78 is 22.9. The lowest BCUT2D eigenvalue weighted by Gasteiger charge is -2.16. The minimum atomic E-state index is -0.322. The van der Waals surface area contributed by atoms with Crippen LogP contribution in [-0.4, -0.2) is 51.6 Å². The van der Waals surface area contributed by atoms with Crippen LogP contribution < -0.4 is 10.5 Å². The topological polar surface area (TPSA) is 103 Å². The van der Waals surface area contributed by atoms with Gasteiger partial charge in [-0.1, -0.05) is 6.58 Å². The first-order valence-corrected chi connectivity index (χ1v) is 11.9. The Morgan fingerprint density at radius 3 is 2.83 bits per heavy atom. The molecule has 1 amide bonds. The van der Waals surface area contributed by atoms with Gasteiger partial charge < -0.3 is 15.4 Å². The van der Waals surface area contributed by atoms with E-state index in [2.05, 4.69) is 11.6 Å². The zero-order valence-electron chi connectivity index (χ0n) is 19.6. The lowest BCUT2D eigenvalue weighted by molar-refractivity contribution is -0.125. The van der Waals surface area contributed by atoms with E-state index in [9.17, 15) is 9.59 Å². The van der Waals surface area contributed by atoms with E-state index in [1.54, 1.807) is 35.7 Å². The van der Waals surface area contributed by atoms with Gasteiger partial charge in [-0.3, -0.25) is 14.3 Å². The number of aryl methyl sites for hydroxylation is 1. The highest BCUT2D eigenvalue weighted by Gasteiger charge is 2.31. The molecule has 1 aromatic carbocycles. The summed E-state index contributed by atoms with van der Waals surface area (Å²) in [6.07, 6.45) is 3.41. The molecule has 8 nitrogen and oxygen atoms in total. The van der Waals surface area contributed by atoms with Crippen LogP contribution in [0.25, 0.3) is 31.6 Å². The second kappa shape index (κ2) is 8.46. The van der Waals surface area contributed by atoms with Crippen LogP contribution in [0.5, 0.6) is 5.75 Å². The van der Waals surface area contributed by atoms with Gasteiger partial charge in [0.1, 0.15) is 23.1 Å². The molecule has 4 aromatic rings. The number of hydrogen-bond acceptors (Lipinski definition) is 7. The average molecular weight is 494 g/mol. The minimum Gasteiger partial charge on any atom is -0.495 e. The third-order valence-electron chi connectivity index (χ3n) is 6.47. The summed E-state index contributed by atoms with van der Waals surface area (Å²) >= 11 is 1.34. The number of ketones is 1. The summed E-state index contributed by atoms with van der Waals surface area (Å²) in [5.74, 6) is 0.150. The van der Waals surface area contributed by atoms with E-state index < -0.39 is 0 Å². The molecule has 3 aromatic heterocycles. The van der Waals surface area contributed by atoms with Gasteiger partial charge in [-0.25, -0.2) is 9.37 Å². The summed E-state index contributed by atoms with van der Waals surface area (Å²) in [4.78, 5) is 31.4. The van der Waals surface area contributed by atoms with Crippen LogP contribution in [-0.2, 0) is 4.79 Å². The molecule has 0 aliphatic carbocycles. The molecule has 5 rings (SSSR count). The Morgan fingerprint density at radius 1 is 1.37 bits per heavy atom. The molecule has 1 saturated heterocycles. The molecule has 0 radical (unpaired) electrons. The lowest BCUT2D eigenvalue weighted by Crippen LogP contribution is -2.27. The van der Waals surface area contributed by atoms with Gasteiger partial charge in [-0.2, -0.15) is 5.10 Å². The molecule has 0 spiro atoms. The number of anilines is 1. The molecule has 1 aliphatic rings. The zero-order valence-corrected chi connectivity index (χ0v) is 20.4. The van der Waals surface area contributed by atoms with E-state index in [0.29, 0.717) is 67.9 Å². The van der Waals surface area contributed by atoms with Crippen molar-refractivity contribution < 1.29 is 18.7 Å². The predicted molar refractivity (Wildman–Crippen MR) is 134 cm³/mol. The van der Waals surface area contributed by atoms with Crippen molar-refractivity contribution in [1.82, 2.24) is 19.7 Å². The number of nitrogen functional groups attached to an aromatic ring is 1. The molecule has 4 heterocycles. The molecule has 35 heavy (non-hydrogen) atoms. The van der Waals surface area contributed by atoms with E-state index >= 15 is 4.39 Å². The number of amides is 1. The maximum Gasteiger partial charge on any atom is 0.246 e. The first-order valence-electron chi connectivity index (χ1n) is 11.1. The second-order valence-corrected chi connectivity index (χ2v) is 9.68. The number of carbonyl (C=O) groups excluding carboxylic acids is 2. The Morgan fingerprint density at radius 2 is 2.14 bits per heavy atom. The number of nitrogens with two attached hydrogens (primary N) is 1. The Labute approximate surface area is 204 Å². The van der Waals surface area contributed by atoms with Gasteiger partial charge in [-0.15, -0.1) is 11.3 Å². The number of benzene rings is 1. The number of carbonyl (C=O) groups is 2. The molecule has 180 valence electrons. The number of ether oxygens (including phenoxy) is 1. The molecular formula is C25H24FN5O3S. The molecule has 10 heteroatoms. The lowest BCUT2D eigenvalue weighted by atomic mass is 10.1. The first kappa shape index (κ1) is 23.0. The number of hydrogen-bond donors (Lipinski definition) is 1. The van der Waals surface area contributed by atoms with Crippen molar-refractivity contribution in [1.29, 1.82) is 0 Å². The summed E-state index contributed by atoms with van der Waals surface area (Å²) in [5, 5.41) is 5.86. The fraction of sp³-hybridized carbons (Fsp3) is 0.280. The summed E-state index contributed by atoms with van der Waals surface area (Å²) in [7, 11) is 1.55. The summed E-state index contributed by atoms with van der Waals surface area (Å²) in [5.41, 5.74) is 8.28. The van der Waals surface area contributed by atoms with Crippen molar-refractivity contribution >= 4 is 49.8 Å². The van der Waals surface area contributed by atoms with E-state index in [1.807, 2.05) is 0 Å². The van der Waals surface area contributed by atoms with Crippen LogP contribution in [0.2, 0.25) is 0 Å². The number of fused-ring (bicyclic) bond motifs is 2. The maximum atomic E-state index is 15.0. The van der Waals surface area contributed by atoms with E-state index in [4.69, 9.17) is 15.6 Å². The van der Waals surface area contributed by atoms with Crippen LogP contribution in [0, 0.1) is 12.7 Å². The molecule has 1 aliphatic heterocycles. The summed E-state index contributed by atoms with van der Waals surface area (Å²) in [6, 6.07) is 3.24. The molecule has 0 unspecified atom stereocenters. The predicted octanol–water partition coefficient (Wildman–Crippen LogP) is 4.51. The number of likely N-dealkylation sites (tertiary alicyclic amines) is 1. The highest BCUT2D eigenvalue weighted by atomic mass is 32.1. The van der Waals surface area contributed by atoms with E-state index in [1.165, 1.54) is 30.5 Å². The normalized spacial score (nSPS) is 15.8. The van der Waals surface area contributed by atoms with Crippen molar-refractivity contribution in [2.24, 2.45) is 0 Å². The Balaban J connectivity index is 1.77. The Kier molecular flexibility index (Phi) is 5.55. The van der Waals surface area contributed by atoms with Gasteiger partial charge in [0.2, 0.25) is 5.91 Å². The number of Topliss-reactive ketones (excluding diaryl/α,β-unsaturated/α-hetero) is 1. The molecule has 1 atom stereocenters. The Bertz CT molecular complexity index is 1540. The van der Waals surface area contributed by atoms with Gasteiger partial charge in [-0.05, 0) is 44.0 Å². The van der Waals surface area contributed by atoms with Crippen molar-refractivity contribution in [3.05, 3.63) is 47.9 Å². The largest absolute Gasteiger partial charge is 0.495 e. The van der Waals surface area contributed by atoms with Crippen LogP contribution in [0.4, 0.5) is 10.2 Å². The molecule has 2 N–H and O–H groups in total. The number of nitrogens with zero attached hydrogens (tertiary/aromatic N) is 4. The SMILES string of the molecule is C=CC(=O)N1CC[C@H](n2nc(-c3cc4c(F)c(C)cc(OC)c4s3)c3c(N)ncc(C(C)=O)c32)C1. The molecular weight excluding hydrogens is 469 g/mol. The molecule has 0 bridgehead atoms. The van der Waals surface area contributed by atoms with Gasteiger partial charge >= 0.3 is 0 Å². The number of halogens is 1. The summed E-state index contributed by atoms with van der Waals surface area (Å²) in [6.45, 7) is 7.70. The van der Waals surface area contributed by atoms with Crippen molar-refractivity contribution in [3.8, 4) is 16.3 Å². The van der Waals surface area contributed by atoms with Crippen LogP contribution >= 0.6 is 11.3 Å². The molecule has 1 fully saturated rings. The Hall–Kier alpha value is -3.79. The minimum absolute atomic E-state index is 0.153. The smallest absolute Gasteiger partial charge is 0.246 e. The third kappa shape index (κ3) is 3.56. The zero-order chi connectivity index (χ0) is 25.0. The fourth-order valence-electron chi connectivity index (χ4n) is 4.70. The van der Waals surface area contributed by atoms with E-state index in [0.717, 1.165) is 0 Å². The number of rotatable bonds is 5. The third-order valence-corrected chi connectivity index (χ3v) is 7.63. The number of methoxy groups -OCH3 is 1. The quantitative estimate of drug-likeness (QED) is 0.324. The van der Waals surface area contributed by atoms with Crippen molar-refractivity contribution in [2.75, 3.05) is 25.9 Å². The highest BCUT2D eigenvalue weighted by Crippen LogP contribution is 2.44. The maximum absolute atomic E-state index is 15.0. The van der Waals surface area contributed by atoms with Crippen molar-refractivity contribution in [3.63, 3.8) is 0 Å². The number of thiophene rings is 1. The van der Waals surface area contributed by atoms with Gasteiger partial charge in [0.25, 0.3) is 0 Å². The van der Waals surface area contributed by atoms with Gasteiger partial charge in [0.05, 0.1) is 39.2 Å². The first-order chi connectivity index (χ1) is 16.7. The van der Waals surface area contributed by atoms with Gasteiger partial charge in [0, 0.05) is 24.7 Å². The number of aromatic nitrogens is 3. The monoisotopic (exact) mass is 493 g/mol. The fourth-order valence-corrected chi connectivity index (χ4v) is 5.84. The van der Waals surface area contributed by atoms with Gasteiger partial charge in [0.15, 0.2) is 5.78 Å².